The number of benzene rings is 1. The first-order valence-electron chi connectivity index (χ1n) is 8.53. The fourth-order valence-electron chi connectivity index (χ4n) is 2.86. The quantitative estimate of drug-likeness (QED) is 0.632. The molecule has 0 amide bonds. The number of aromatic amines is 1. The van der Waals surface area contributed by atoms with Crippen LogP contribution < -0.4 is 11.2 Å². The van der Waals surface area contributed by atoms with Crippen molar-refractivity contribution in [3.63, 3.8) is 0 Å². The molecule has 0 spiro atoms. The number of nitrogens with zero attached hydrogens (tertiary/aromatic N) is 1. The molecule has 140 valence electrons. The molecule has 2 rings (SSSR count). The standard InChI is InChI=1S/C19H24N2O5/c1-12(2)17-15(8-13-6-4-3-5-7-13)20-19(26)21(18(17)25)9-16(24)14(10-22)11-23/h3-7,12,14,22-23H,8-11H2,1-2H3,(H,20,26). The van der Waals surface area contributed by atoms with Gasteiger partial charge in [-0.3, -0.25) is 14.2 Å². The first kappa shape index (κ1) is 19.8. The van der Waals surface area contributed by atoms with Crippen LogP contribution in [0.2, 0.25) is 0 Å². The maximum atomic E-state index is 12.8. The second-order valence-electron chi connectivity index (χ2n) is 6.56. The molecule has 0 aliphatic heterocycles. The van der Waals surface area contributed by atoms with E-state index in [2.05, 4.69) is 4.98 Å². The van der Waals surface area contributed by atoms with Crippen molar-refractivity contribution in [1.82, 2.24) is 9.55 Å². The number of aromatic nitrogens is 2. The Morgan fingerprint density at radius 3 is 2.27 bits per heavy atom. The molecule has 7 heteroatoms. The van der Waals surface area contributed by atoms with Crippen LogP contribution in [-0.4, -0.2) is 38.8 Å². The van der Waals surface area contributed by atoms with E-state index in [1.165, 1.54) is 0 Å². The number of Topliss-reactive ketones (excluding diaryl/α,β-unsaturated/α-hetero) is 1. The number of hydrogen-bond acceptors (Lipinski definition) is 5. The summed E-state index contributed by atoms with van der Waals surface area (Å²) in [6.45, 7) is 2.14. The van der Waals surface area contributed by atoms with Crippen molar-refractivity contribution in [2.45, 2.75) is 32.7 Å². The number of nitrogens with one attached hydrogen (secondary N) is 1. The number of carbonyl (C=O) groups is 1. The molecule has 0 aliphatic carbocycles. The highest BCUT2D eigenvalue weighted by molar-refractivity contribution is 5.81. The topological polar surface area (TPSA) is 112 Å². The summed E-state index contributed by atoms with van der Waals surface area (Å²) in [6, 6.07) is 9.46. The fraction of sp³-hybridized carbons (Fsp3) is 0.421. The van der Waals surface area contributed by atoms with Crippen LogP contribution in [0.25, 0.3) is 0 Å². The van der Waals surface area contributed by atoms with Crippen LogP contribution in [0.5, 0.6) is 0 Å². The Morgan fingerprint density at radius 2 is 1.73 bits per heavy atom. The highest BCUT2D eigenvalue weighted by atomic mass is 16.3. The Kier molecular flexibility index (Phi) is 6.65. The van der Waals surface area contributed by atoms with Gasteiger partial charge in [-0.25, -0.2) is 4.79 Å². The zero-order valence-electron chi connectivity index (χ0n) is 14.9. The molecule has 1 aromatic carbocycles. The Bertz CT molecular complexity index is 864. The van der Waals surface area contributed by atoms with E-state index in [9.17, 15) is 14.4 Å². The minimum atomic E-state index is -1.01. The highest BCUT2D eigenvalue weighted by Crippen LogP contribution is 2.16. The summed E-state index contributed by atoms with van der Waals surface area (Å²) >= 11 is 0. The third-order valence-electron chi connectivity index (χ3n) is 4.31. The largest absolute Gasteiger partial charge is 0.396 e. The van der Waals surface area contributed by atoms with E-state index in [0.717, 1.165) is 10.1 Å². The van der Waals surface area contributed by atoms with Crippen LogP contribution in [0.3, 0.4) is 0 Å². The van der Waals surface area contributed by atoms with Crippen LogP contribution >= 0.6 is 0 Å². The Balaban J connectivity index is 2.47. The molecule has 3 N–H and O–H groups in total. The maximum absolute atomic E-state index is 12.8. The second-order valence-corrected chi connectivity index (χ2v) is 6.56. The van der Waals surface area contributed by atoms with E-state index in [4.69, 9.17) is 10.2 Å². The van der Waals surface area contributed by atoms with E-state index in [0.29, 0.717) is 17.7 Å². The molecule has 0 unspecified atom stereocenters. The molecule has 0 radical (unpaired) electrons. The molecule has 0 saturated heterocycles. The Morgan fingerprint density at radius 1 is 1.12 bits per heavy atom. The lowest BCUT2D eigenvalue weighted by molar-refractivity contribution is -0.126. The maximum Gasteiger partial charge on any atom is 0.328 e. The number of aliphatic hydroxyl groups excluding tert-OH is 2. The summed E-state index contributed by atoms with van der Waals surface area (Å²) in [5.74, 6) is -1.72. The van der Waals surface area contributed by atoms with Gasteiger partial charge in [-0.05, 0) is 11.5 Å². The van der Waals surface area contributed by atoms with Crippen molar-refractivity contribution in [2.75, 3.05) is 13.2 Å². The van der Waals surface area contributed by atoms with Gasteiger partial charge in [0, 0.05) is 17.7 Å². The Hall–Kier alpha value is -2.51. The highest BCUT2D eigenvalue weighted by Gasteiger charge is 2.22. The first-order valence-corrected chi connectivity index (χ1v) is 8.53. The molecule has 0 fully saturated rings. The van der Waals surface area contributed by atoms with Crippen LogP contribution in [-0.2, 0) is 17.8 Å². The molecule has 2 aromatic rings. The predicted octanol–water partition coefficient (Wildman–Crippen LogP) is 0.421. The van der Waals surface area contributed by atoms with Crippen molar-refractivity contribution < 1.29 is 15.0 Å². The smallest absolute Gasteiger partial charge is 0.328 e. The van der Waals surface area contributed by atoms with Crippen LogP contribution in [0.1, 0.15) is 36.6 Å². The third kappa shape index (κ3) is 4.36. The summed E-state index contributed by atoms with van der Waals surface area (Å²) in [5, 5.41) is 18.2. The van der Waals surface area contributed by atoms with Gasteiger partial charge in [0.25, 0.3) is 5.56 Å². The van der Waals surface area contributed by atoms with Gasteiger partial charge in [0.2, 0.25) is 0 Å². The molecule has 0 aliphatic rings. The molecular formula is C19H24N2O5. The zero-order chi connectivity index (χ0) is 19.3. The zero-order valence-corrected chi connectivity index (χ0v) is 14.9. The van der Waals surface area contributed by atoms with Gasteiger partial charge in [0.15, 0.2) is 5.78 Å². The lowest BCUT2D eigenvalue weighted by atomic mass is 9.98. The average molecular weight is 360 g/mol. The Labute approximate surface area is 150 Å². The molecule has 0 atom stereocenters. The van der Waals surface area contributed by atoms with Gasteiger partial charge < -0.3 is 15.2 Å². The molecule has 1 aromatic heterocycles. The van der Waals surface area contributed by atoms with Crippen molar-refractivity contribution in [3.05, 3.63) is 68.0 Å². The van der Waals surface area contributed by atoms with Crippen LogP contribution in [0.15, 0.2) is 39.9 Å². The van der Waals surface area contributed by atoms with Crippen molar-refractivity contribution >= 4 is 5.78 Å². The molecule has 7 nitrogen and oxygen atoms in total. The number of carbonyl (C=O) groups excluding carboxylic acids is 1. The molecule has 0 saturated carbocycles. The van der Waals surface area contributed by atoms with Crippen molar-refractivity contribution in [3.8, 4) is 0 Å². The van der Waals surface area contributed by atoms with Gasteiger partial charge in [0.1, 0.15) is 0 Å². The van der Waals surface area contributed by atoms with Crippen molar-refractivity contribution in [1.29, 1.82) is 0 Å². The van der Waals surface area contributed by atoms with Crippen LogP contribution in [0.4, 0.5) is 0 Å². The van der Waals surface area contributed by atoms with E-state index in [1.807, 2.05) is 44.2 Å². The predicted molar refractivity (Wildman–Crippen MR) is 97.3 cm³/mol. The van der Waals surface area contributed by atoms with Crippen molar-refractivity contribution in [2.24, 2.45) is 5.92 Å². The minimum Gasteiger partial charge on any atom is -0.396 e. The number of rotatable bonds is 8. The number of hydrogen-bond donors (Lipinski definition) is 3. The SMILES string of the molecule is CC(C)c1c(Cc2ccccc2)[nH]c(=O)n(CC(=O)C(CO)CO)c1=O. The number of aliphatic hydroxyl groups is 2. The third-order valence-corrected chi connectivity index (χ3v) is 4.31. The normalized spacial score (nSPS) is 11.3. The lowest BCUT2D eigenvalue weighted by Gasteiger charge is -2.16. The molecular weight excluding hydrogens is 336 g/mol. The number of ketones is 1. The van der Waals surface area contributed by atoms with Gasteiger partial charge in [-0.15, -0.1) is 0 Å². The van der Waals surface area contributed by atoms with Gasteiger partial charge in [0.05, 0.1) is 25.7 Å². The number of H-pyrrole nitrogens is 1. The summed E-state index contributed by atoms with van der Waals surface area (Å²) < 4.78 is 0.838. The van der Waals surface area contributed by atoms with E-state index < -0.39 is 42.7 Å². The lowest BCUT2D eigenvalue weighted by Crippen LogP contribution is -2.42. The molecule has 0 bridgehead atoms. The summed E-state index contributed by atoms with van der Waals surface area (Å²) in [6.07, 6.45) is 0.406. The first-order chi connectivity index (χ1) is 12.4. The summed E-state index contributed by atoms with van der Waals surface area (Å²) in [4.78, 5) is 40.1. The average Bonchev–Trinajstić information content (AvgIpc) is 2.60. The monoisotopic (exact) mass is 360 g/mol. The van der Waals surface area contributed by atoms with Crippen LogP contribution in [0, 0.1) is 5.92 Å². The minimum absolute atomic E-state index is 0.147. The van der Waals surface area contributed by atoms with Gasteiger partial charge in [-0.1, -0.05) is 44.2 Å². The summed E-state index contributed by atoms with van der Waals surface area (Å²) in [5.41, 5.74) is 0.751. The van der Waals surface area contributed by atoms with E-state index in [-0.39, 0.29) is 5.92 Å². The van der Waals surface area contributed by atoms with E-state index in [1.54, 1.807) is 0 Å². The summed E-state index contributed by atoms with van der Waals surface area (Å²) in [7, 11) is 0. The van der Waals surface area contributed by atoms with E-state index >= 15 is 0 Å². The van der Waals surface area contributed by atoms with Gasteiger partial charge >= 0.3 is 5.69 Å². The second kappa shape index (κ2) is 8.73. The molecule has 1 heterocycles. The van der Waals surface area contributed by atoms with Gasteiger partial charge in [-0.2, -0.15) is 0 Å². The fourth-order valence-corrected chi connectivity index (χ4v) is 2.86. The molecule has 26 heavy (non-hydrogen) atoms.